The Kier molecular flexibility index (Phi) is 10.9. The van der Waals surface area contributed by atoms with Gasteiger partial charge in [-0.3, -0.25) is 14.6 Å². The van der Waals surface area contributed by atoms with Gasteiger partial charge in [-0.25, -0.2) is 0 Å². The Hall–Kier alpha value is -1.55. The minimum atomic E-state index is 0. The monoisotopic (exact) mass is 542 g/mol. The van der Waals surface area contributed by atoms with Crippen molar-refractivity contribution in [2.24, 2.45) is 10.9 Å². The Bertz CT molecular complexity index is 782. The van der Waals surface area contributed by atoms with Gasteiger partial charge in [-0.05, 0) is 70.8 Å². The Balaban J connectivity index is 0.00000341. The van der Waals surface area contributed by atoms with Crippen molar-refractivity contribution in [1.82, 2.24) is 25.3 Å². The number of aliphatic imine (C=N–C) groups is 1. The highest BCUT2D eigenvalue weighted by molar-refractivity contribution is 14.0. The molecule has 1 saturated heterocycles. The summed E-state index contributed by atoms with van der Waals surface area (Å²) in [6, 6.07) is 6.42. The van der Waals surface area contributed by atoms with E-state index in [9.17, 15) is 0 Å². The number of furan rings is 1. The molecular formula is C23H39IN6O. The molecule has 1 aliphatic heterocycles. The molecule has 0 amide bonds. The first-order valence-corrected chi connectivity index (χ1v) is 11.4. The molecule has 2 aromatic heterocycles. The number of hydrogen-bond donors (Lipinski definition) is 2. The summed E-state index contributed by atoms with van der Waals surface area (Å²) in [5.74, 6) is 2.30. The van der Waals surface area contributed by atoms with E-state index in [0.717, 1.165) is 56.7 Å². The van der Waals surface area contributed by atoms with Crippen LogP contribution in [0.2, 0.25) is 0 Å². The van der Waals surface area contributed by atoms with Crippen molar-refractivity contribution < 1.29 is 4.42 Å². The van der Waals surface area contributed by atoms with Gasteiger partial charge < -0.3 is 15.1 Å². The zero-order valence-corrected chi connectivity index (χ0v) is 21.8. The average Bonchev–Trinajstić information content (AvgIpc) is 3.37. The molecule has 2 unspecified atom stereocenters. The Morgan fingerprint density at radius 1 is 1.23 bits per heavy atom. The number of piperidine rings is 1. The third kappa shape index (κ3) is 7.82. The van der Waals surface area contributed by atoms with E-state index in [1.807, 2.05) is 13.0 Å². The molecule has 0 radical (unpaired) electrons. The maximum absolute atomic E-state index is 5.77. The van der Waals surface area contributed by atoms with Crippen molar-refractivity contribution in [3.8, 4) is 0 Å². The lowest BCUT2D eigenvalue weighted by atomic mass is 10.1. The smallest absolute Gasteiger partial charge is 0.191 e. The number of aryl methyl sites for hydroxylation is 2. The zero-order valence-electron chi connectivity index (χ0n) is 19.4. The van der Waals surface area contributed by atoms with Gasteiger partial charge in [-0.2, -0.15) is 5.10 Å². The van der Waals surface area contributed by atoms with E-state index in [0.29, 0.717) is 5.92 Å². The zero-order chi connectivity index (χ0) is 21.3. The van der Waals surface area contributed by atoms with Crippen molar-refractivity contribution in [1.29, 1.82) is 0 Å². The molecule has 1 fully saturated rings. The minimum absolute atomic E-state index is 0. The standard InChI is InChI=1S/C23H38N6O.HI/c1-5-24-23(25-15-18(2)17-29-20(4)14-19(3)27-29)26-16-21(22-10-9-13-30-22)28-11-7-6-8-12-28;/h9-10,13-14,18,21H,5-8,11-12,15-17H2,1-4H3,(H2,24,25,26);1H. The van der Waals surface area contributed by atoms with Gasteiger partial charge in [-0.1, -0.05) is 13.3 Å². The molecule has 0 bridgehead atoms. The Morgan fingerprint density at radius 2 is 2.00 bits per heavy atom. The molecule has 7 nitrogen and oxygen atoms in total. The lowest BCUT2D eigenvalue weighted by Crippen LogP contribution is -2.44. The van der Waals surface area contributed by atoms with E-state index in [1.165, 1.54) is 25.0 Å². The van der Waals surface area contributed by atoms with E-state index in [4.69, 9.17) is 9.41 Å². The van der Waals surface area contributed by atoms with E-state index >= 15 is 0 Å². The second-order valence-electron chi connectivity index (χ2n) is 8.44. The number of likely N-dealkylation sites (tertiary alicyclic amines) is 1. The molecule has 31 heavy (non-hydrogen) atoms. The number of hydrogen-bond acceptors (Lipinski definition) is 4. The molecule has 2 N–H and O–H groups in total. The number of aromatic nitrogens is 2. The van der Waals surface area contributed by atoms with Crippen molar-refractivity contribution >= 4 is 29.9 Å². The lowest BCUT2D eigenvalue weighted by Gasteiger charge is -2.33. The van der Waals surface area contributed by atoms with Gasteiger partial charge >= 0.3 is 0 Å². The van der Waals surface area contributed by atoms with Gasteiger partial charge in [0.15, 0.2) is 5.96 Å². The van der Waals surface area contributed by atoms with Crippen LogP contribution >= 0.6 is 24.0 Å². The fraction of sp³-hybridized carbons (Fsp3) is 0.652. The summed E-state index contributed by atoms with van der Waals surface area (Å²) in [6.07, 6.45) is 5.61. The Morgan fingerprint density at radius 3 is 2.61 bits per heavy atom. The maximum atomic E-state index is 5.77. The van der Waals surface area contributed by atoms with Crippen LogP contribution in [0.1, 0.15) is 56.3 Å². The highest BCUT2D eigenvalue weighted by Crippen LogP contribution is 2.24. The number of halogens is 1. The minimum Gasteiger partial charge on any atom is -0.468 e. The fourth-order valence-corrected chi connectivity index (χ4v) is 4.12. The summed E-state index contributed by atoms with van der Waals surface area (Å²) in [5.41, 5.74) is 2.27. The topological polar surface area (TPSA) is 70.6 Å². The quantitative estimate of drug-likeness (QED) is 0.283. The first kappa shape index (κ1) is 25.7. The van der Waals surface area contributed by atoms with Crippen LogP contribution in [-0.4, -0.2) is 53.4 Å². The molecule has 3 heterocycles. The van der Waals surface area contributed by atoms with Gasteiger partial charge in [0.05, 0.1) is 18.0 Å². The molecule has 1 aliphatic rings. The molecule has 3 rings (SSSR count). The van der Waals surface area contributed by atoms with Crippen LogP contribution in [0.15, 0.2) is 33.9 Å². The first-order valence-electron chi connectivity index (χ1n) is 11.4. The summed E-state index contributed by atoms with van der Waals surface area (Å²) in [6.45, 7) is 14.0. The van der Waals surface area contributed by atoms with Gasteiger partial charge in [0.25, 0.3) is 0 Å². The highest BCUT2D eigenvalue weighted by atomic mass is 127. The third-order valence-electron chi connectivity index (χ3n) is 5.66. The van der Waals surface area contributed by atoms with E-state index in [1.54, 1.807) is 6.26 Å². The molecule has 0 aromatic carbocycles. The molecule has 0 saturated carbocycles. The average molecular weight is 543 g/mol. The first-order chi connectivity index (χ1) is 14.6. The van der Waals surface area contributed by atoms with Crippen LogP contribution < -0.4 is 10.6 Å². The van der Waals surface area contributed by atoms with Gasteiger partial charge in [-0.15, -0.1) is 24.0 Å². The SMILES string of the molecule is CCNC(=NCC(C)Cn1nc(C)cc1C)NCC(c1ccco1)N1CCCCC1.I. The molecule has 2 atom stereocenters. The van der Waals surface area contributed by atoms with Gasteiger partial charge in [0, 0.05) is 31.9 Å². The summed E-state index contributed by atoms with van der Waals surface area (Å²) in [4.78, 5) is 7.38. The van der Waals surface area contributed by atoms with Crippen LogP contribution in [0.5, 0.6) is 0 Å². The lowest BCUT2D eigenvalue weighted by molar-refractivity contribution is 0.146. The second kappa shape index (κ2) is 13.1. The van der Waals surface area contributed by atoms with E-state index in [-0.39, 0.29) is 30.0 Å². The van der Waals surface area contributed by atoms with E-state index in [2.05, 4.69) is 58.2 Å². The molecule has 174 valence electrons. The molecule has 0 aliphatic carbocycles. The molecule has 8 heteroatoms. The normalized spacial score (nSPS) is 17.1. The largest absolute Gasteiger partial charge is 0.468 e. The summed E-state index contributed by atoms with van der Waals surface area (Å²) >= 11 is 0. The second-order valence-corrected chi connectivity index (χ2v) is 8.44. The third-order valence-corrected chi connectivity index (χ3v) is 5.66. The van der Waals surface area contributed by atoms with Crippen LogP contribution in [0.4, 0.5) is 0 Å². The molecule has 0 spiro atoms. The fourth-order valence-electron chi connectivity index (χ4n) is 4.12. The van der Waals surface area contributed by atoms with Crippen LogP contribution in [0.3, 0.4) is 0 Å². The number of guanidine groups is 1. The maximum Gasteiger partial charge on any atom is 0.191 e. The van der Waals surface area contributed by atoms with Crippen LogP contribution in [0, 0.1) is 19.8 Å². The van der Waals surface area contributed by atoms with Crippen molar-refractivity contribution in [3.05, 3.63) is 41.6 Å². The van der Waals surface area contributed by atoms with Gasteiger partial charge in [0.1, 0.15) is 5.76 Å². The number of nitrogens with one attached hydrogen (secondary N) is 2. The predicted octanol–water partition coefficient (Wildman–Crippen LogP) is 4.13. The summed E-state index contributed by atoms with van der Waals surface area (Å²) in [7, 11) is 0. The van der Waals surface area contributed by atoms with Crippen molar-refractivity contribution in [3.63, 3.8) is 0 Å². The number of nitrogens with zero attached hydrogens (tertiary/aromatic N) is 4. The van der Waals surface area contributed by atoms with E-state index < -0.39 is 0 Å². The number of rotatable bonds is 9. The highest BCUT2D eigenvalue weighted by Gasteiger charge is 2.24. The summed E-state index contributed by atoms with van der Waals surface area (Å²) < 4.78 is 7.85. The van der Waals surface area contributed by atoms with Crippen molar-refractivity contribution in [2.75, 3.05) is 32.7 Å². The predicted molar refractivity (Wildman–Crippen MR) is 137 cm³/mol. The molecule has 2 aromatic rings. The Labute approximate surface area is 204 Å². The van der Waals surface area contributed by atoms with Crippen LogP contribution in [0.25, 0.3) is 0 Å². The van der Waals surface area contributed by atoms with Crippen molar-refractivity contribution in [2.45, 2.75) is 59.5 Å². The van der Waals surface area contributed by atoms with Gasteiger partial charge in [0.2, 0.25) is 0 Å². The summed E-state index contributed by atoms with van der Waals surface area (Å²) in [5, 5.41) is 11.5. The molecular weight excluding hydrogens is 503 g/mol. The van der Waals surface area contributed by atoms with Crippen LogP contribution in [-0.2, 0) is 6.54 Å².